The predicted molar refractivity (Wildman–Crippen MR) is 110 cm³/mol. The molecule has 2 aromatic carbocycles. The Balaban J connectivity index is 1.64. The minimum atomic E-state index is -0.478. The van der Waals surface area contributed by atoms with Gasteiger partial charge in [-0.05, 0) is 43.2 Å². The molecule has 4 rings (SSSR count). The fraction of sp³-hybridized carbons (Fsp3) is 0.200. The van der Waals surface area contributed by atoms with E-state index in [9.17, 15) is 4.39 Å². The van der Waals surface area contributed by atoms with Gasteiger partial charge in [0.1, 0.15) is 23.7 Å². The summed E-state index contributed by atoms with van der Waals surface area (Å²) in [6, 6.07) is 10.2. The lowest BCUT2D eigenvalue weighted by Gasteiger charge is -2.09. The molecule has 0 fully saturated rings. The van der Waals surface area contributed by atoms with Crippen LogP contribution in [0.4, 0.5) is 15.9 Å². The van der Waals surface area contributed by atoms with Gasteiger partial charge in [-0.15, -0.1) is 5.10 Å². The van der Waals surface area contributed by atoms with Gasteiger partial charge < -0.3 is 10.4 Å². The van der Waals surface area contributed by atoms with E-state index < -0.39 is 5.82 Å². The zero-order valence-electron chi connectivity index (χ0n) is 15.4. The predicted octanol–water partition coefficient (Wildman–Crippen LogP) is 4.20. The summed E-state index contributed by atoms with van der Waals surface area (Å²) in [7, 11) is 0. The molecule has 0 aliphatic heterocycles. The summed E-state index contributed by atoms with van der Waals surface area (Å²) in [6.07, 6.45) is 4.90. The average molecular weight is 413 g/mol. The van der Waals surface area contributed by atoms with E-state index in [1.807, 2.05) is 24.4 Å². The van der Waals surface area contributed by atoms with E-state index in [1.54, 1.807) is 10.7 Å². The van der Waals surface area contributed by atoms with Gasteiger partial charge in [0.15, 0.2) is 0 Å². The molecule has 0 spiro atoms. The van der Waals surface area contributed by atoms with Gasteiger partial charge in [-0.3, -0.25) is 4.68 Å². The van der Waals surface area contributed by atoms with Crippen molar-refractivity contribution in [3.63, 3.8) is 0 Å². The molecular formula is C20H18ClFN6O. The third-order valence-corrected chi connectivity index (χ3v) is 4.74. The second kappa shape index (κ2) is 8.50. The number of aryl methyl sites for hydroxylation is 1. The number of fused-ring (bicyclic) bond motifs is 1. The number of unbranched alkanes of at least 4 members (excludes halogenated alkanes) is 1. The Kier molecular flexibility index (Phi) is 5.64. The highest BCUT2D eigenvalue weighted by atomic mass is 35.5. The van der Waals surface area contributed by atoms with Crippen molar-refractivity contribution in [1.82, 2.24) is 25.0 Å². The number of anilines is 2. The summed E-state index contributed by atoms with van der Waals surface area (Å²) in [6.45, 7) is 0.865. The van der Waals surface area contributed by atoms with Gasteiger partial charge in [0.25, 0.3) is 0 Å². The Labute approximate surface area is 171 Å². The second-order valence-electron chi connectivity index (χ2n) is 6.51. The molecule has 9 heteroatoms. The Bertz CT molecular complexity index is 1150. The number of aliphatic hydroxyl groups excluding tert-OH is 1. The van der Waals surface area contributed by atoms with E-state index in [-0.39, 0.29) is 11.6 Å². The van der Waals surface area contributed by atoms with E-state index in [4.69, 9.17) is 16.7 Å². The number of benzene rings is 2. The van der Waals surface area contributed by atoms with Crippen LogP contribution in [0.5, 0.6) is 0 Å². The molecule has 0 radical (unpaired) electrons. The molecule has 0 aliphatic rings. The summed E-state index contributed by atoms with van der Waals surface area (Å²) in [5.74, 6) is 0.101. The minimum Gasteiger partial charge on any atom is -0.396 e. The summed E-state index contributed by atoms with van der Waals surface area (Å²) in [5.41, 5.74) is 2.99. The fourth-order valence-corrected chi connectivity index (χ4v) is 3.13. The molecular weight excluding hydrogens is 395 g/mol. The lowest BCUT2D eigenvalue weighted by Crippen LogP contribution is -1.99. The molecule has 0 saturated carbocycles. The lowest BCUT2D eigenvalue weighted by molar-refractivity contribution is 0.280. The summed E-state index contributed by atoms with van der Waals surface area (Å²) in [4.78, 5) is 8.62. The van der Waals surface area contributed by atoms with Gasteiger partial charge >= 0.3 is 0 Å². The monoisotopic (exact) mass is 412 g/mol. The lowest BCUT2D eigenvalue weighted by atomic mass is 10.1. The zero-order chi connectivity index (χ0) is 20.2. The van der Waals surface area contributed by atoms with Crippen LogP contribution in [-0.2, 0) is 6.54 Å². The zero-order valence-corrected chi connectivity index (χ0v) is 16.1. The number of aromatic nitrogens is 5. The molecule has 29 heavy (non-hydrogen) atoms. The average Bonchev–Trinajstić information content (AvgIpc) is 3.20. The third kappa shape index (κ3) is 4.33. The highest BCUT2D eigenvalue weighted by Crippen LogP contribution is 2.29. The van der Waals surface area contributed by atoms with Crippen LogP contribution in [0.3, 0.4) is 0 Å². The fourth-order valence-electron chi connectivity index (χ4n) is 2.95. The number of hydrogen-bond acceptors (Lipinski definition) is 6. The molecule has 2 N–H and O–H groups in total. The molecule has 7 nitrogen and oxygen atoms in total. The van der Waals surface area contributed by atoms with Crippen LogP contribution in [0.1, 0.15) is 12.8 Å². The van der Waals surface area contributed by atoms with Gasteiger partial charge in [0.05, 0.1) is 16.7 Å². The van der Waals surface area contributed by atoms with Crippen LogP contribution in [0, 0.1) is 5.82 Å². The number of rotatable bonds is 7. The van der Waals surface area contributed by atoms with Gasteiger partial charge in [-0.2, -0.15) is 0 Å². The van der Waals surface area contributed by atoms with Crippen LogP contribution in [-0.4, -0.2) is 36.7 Å². The van der Waals surface area contributed by atoms with E-state index in [0.717, 1.165) is 35.0 Å². The number of nitrogens with one attached hydrogen (secondary N) is 1. The van der Waals surface area contributed by atoms with Gasteiger partial charge in [0, 0.05) is 29.8 Å². The van der Waals surface area contributed by atoms with Crippen LogP contribution in [0.15, 0.2) is 48.9 Å². The molecule has 0 amide bonds. The van der Waals surface area contributed by atoms with Crippen LogP contribution >= 0.6 is 11.6 Å². The highest BCUT2D eigenvalue weighted by molar-refractivity contribution is 6.31. The minimum absolute atomic E-state index is 0.0341. The number of hydrogen-bond donors (Lipinski definition) is 2. The Morgan fingerprint density at radius 3 is 2.83 bits per heavy atom. The van der Waals surface area contributed by atoms with Crippen molar-refractivity contribution in [2.24, 2.45) is 0 Å². The maximum absolute atomic E-state index is 13.4. The first-order valence-corrected chi connectivity index (χ1v) is 9.50. The van der Waals surface area contributed by atoms with E-state index in [1.165, 1.54) is 18.5 Å². The molecule has 0 bridgehead atoms. The molecule has 0 atom stereocenters. The number of aliphatic hydroxyl groups is 1. The summed E-state index contributed by atoms with van der Waals surface area (Å²) >= 11 is 5.87. The quantitative estimate of drug-likeness (QED) is 0.442. The molecule has 148 valence electrons. The standard InChI is InChI=1S/C20H18ClFN6O/c21-16-10-14(4-5-17(16)22)25-20-15-9-13(3-6-18(15)23-12-24-20)19-11-28(27-26-19)7-1-2-8-29/h3-6,9-12,29H,1-2,7-8H2,(H,23,24,25). The van der Waals surface area contributed by atoms with Gasteiger partial charge in [0.2, 0.25) is 0 Å². The summed E-state index contributed by atoms with van der Waals surface area (Å²) in [5, 5.41) is 21.3. The van der Waals surface area contributed by atoms with Gasteiger partial charge in [-0.1, -0.05) is 22.9 Å². The Hall–Kier alpha value is -3.10. The second-order valence-corrected chi connectivity index (χ2v) is 6.91. The SMILES string of the molecule is OCCCCn1cc(-c2ccc3ncnc(Nc4ccc(F)c(Cl)c4)c3c2)nn1. The van der Waals surface area contributed by atoms with Crippen molar-refractivity contribution in [2.45, 2.75) is 19.4 Å². The maximum atomic E-state index is 13.4. The first kappa shape index (κ1) is 19.2. The molecule has 2 heterocycles. The van der Waals surface area contributed by atoms with Crippen molar-refractivity contribution < 1.29 is 9.50 Å². The Morgan fingerprint density at radius 1 is 1.10 bits per heavy atom. The molecule has 0 aliphatic carbocycles. The normalized spacial score (nSPS) is 11.1. The molecule has 0 unspecified atom stereocenters. The smallest absolute Gasteiger partial charge is 0.141 e. The van der Waals surface area contributed by atoms with Crippen molar-refractivity contribution in [3.05, 3.63) is 59.8 Å². The van der Waals surface area contributed by atoms with Crippen LogP contribution in [0.2, 0.25) is 5.02 Å². The summed E-state index contributed by atoms with van der Waals surface area (Å²) < 4.78 is 15.2. The third-order valence-electron chi connectivity index (χ3n) is 4.45. The largest absolute Gasteiger partial charge is 0.396 e. The van der Waals surface area contributed by atoms with Crippen LogP contribution in [0.25, 0.3) is 22.2 Å². The highest BCUT2D eigenvalue weighted by Gasteiger charge is 2.10. The Morgan fingerprint density at radius 2 is 2.00 bits per heavy atom. The van der Waals surface area contributed by atoms with Crippen molar-refractivity contribution in [1.29, 1.82) is 0 Å². The van der Waals surface area contributed by atoms with Crippen LogP contribution < -0.4 is 5.32 Å². The molecule has 0 saturated heterocycles. The first-order valence-electron chi connectivity index (χ1n) is 9.12. The maximum Gasteiger partial charge on any atom is 0.141 e. The van der Waals surface area contributed by atoms with Crippen molar-refractivity contribution in [3.8, 4) is 11.3 Å². The van der Waals surface area contributed by atoms with Crippen molar-refractivity contribution >= 4 is 34.0 Å². The topological polar surface area (TPSA) is 88.8 Å². The first-order chi connectivity index (χ1) is 14.1. The van der Waals surface area contributed by atoms with E-state index in [0.29, 0.717) is 18.1 Å². The molecule has 4 aromatic rings. The number of halogens is 2. The van der Waals surface area contributed by atoms with E-state index in [2.05, 4.69) is 25.6 Å². The number of nitrogens with zero attached hydrogens (tertiary/aromatic N) is 5. The van der Waals surface area contributed by atoms with E-state index >= 15 is 0 Å². The molecule has 2 aromatic heterocycles. The van der Waals surface area contributed by atoms with Crippen molar-refractivity contribution in [2.75, 3.05) is 11.9 Å². The van der Waals surface area contributed by atoms with Gasteiger partial charge in [-0.25, -0.2) is 14.4 Å².